The Hall–Kier alpha value is -4.33. The number of ether oxygens (including phenoxy) is 4. The van der Waals surface area contributed by atoms with E-state index in [1.165, 1.54) is 0 Å². The molecule has 4 aromatic carbocycles. The van der Waals surface area contributed by atoms with Crippen LogP contribution in [0.25, 0.3) is 11.0 Å². The molecule has 0 aliphatic carbocycles. The van der Waals surface area contributed by atoms with Crippen molar-refractivity contribution in [1.82, 2.24) is 14.2 Å². The van der Waals surface area contributed by atoms with Crippen LogP contribution in [0.5, 0.6) is 11.5 Å². The molecule has 1 aromatic heterocycles. The van der Waals surface area contributed by atoms with Crippen LogP contribution in [0.4, 0.5) is 0 Å². The fourth-order valence-electron chi connectivity index (χ4n) is 7.26. The molecule has 1 unspecified atom stereocenters. The van der Waals surface area contributed by atoms with E-state index in [4.69, 9.17) is 33.0 Å². The zero-order valence-electron chi connectivity index (χ0n) is 32.2. The van der Waals surface area contributed by atoms with Crippen LogP contribution in [0, 0.1) is 18.3 Å². The zero-order valence-corrected chi connectivity index (χ0v) is 33.1. The first-order valence-electron chi connectivity index (χ1n) is 18.5. The Labute approximate surface area is 320 Å². The molecule has 0 spiro atoms. The number of rotatable bonds is 17. The second kappa shape index (κ2) is 17.9. The molecule has 1 aliphatic rings. The fourth-order valence-corrected chi connectivity index (χ4v) is 9.01. The number of aromatic nitrogens is 2. The van der Waals surface area contributed by atoms with Crippen molar-refractivity contribution < 1.29 is 28.0 Å². The smallest absolute Gasteiger partial charge is 0.259 e. The van der Waals surface area contributed by atoms with Gasteiger partial charge in [-0.05, 0) is 87.2 Å². The van der Waals surface area contributed by atoms with Crippen LogP contribution in [0.3, 0.4) is 0 Å². The topological polar surface area (TPSA) is 100 Å². The maximum Gasteiger partial charge on any atom is 0.259 e. The third-order valence-corrected chi connectivity index (χ3v) is 12.0. The van der Waals surface area contributed by atoms with Gasteiger partial charge in [-0.2, -0.15) is 5.26 Å². The van der Waals surface area contributed by atoms with Crippen molar-refractivity contribution in [2.24, 2.45) is 0 Å². The van der Waals surface area contributed by atoms with Gasteiger partial charge in [0, 0.05) is 18.5 Å². The molecule has 11 heteroatoms. The third-order valence-electron chi connectivity index (χ3n) is 9.82. The normalized spacial score (nSPS) is 18.1. The SMILES string of the molecule is COc1ccc(C(OC[C@H]2O[C@@H](n3cnc4c(C)cccc43)C[C@@H]2OP(OCCC#N)N(C(C)C)C(C)C)(c2ccccc2)c2ccc(OC)cc2)cc1. The largest absolute Gasteiger partial charge is 0.497 e. The highest BCUT2D eigenvalue weighted by atomic mass is 31.2. The summed E-state index contributed by atoms with van der Waals surface area (Å²) in [5.41, 5.74) is 4.80. The van der Waals surface area contributed by atoms with Crippen LogP contribution in [-0.4, -0.2) is 65.9 Å². The minimum Gasteiger partial charge on any atom is -0.497 e. The second-order valence-electron chi connectivity index (χ2n) is 14.0. The standard InChI is InChI=1S/C43H51N4O6P/c1-30(2)47(31(3)4)54(51-26-12-25-44)53-39-27-41(46-29-45-42-32(5)13-11-16-38(42)46)52-40(39)28-50-43(33-14-9-8-10-15-33,34-17-21-36(48-6)22-18-34)35-19-23-37(49-7)24-20-35/h8-11,13-24,29-31,39-41H,12,26-28H2,1-7H3/t39-,40+,41+,54?/m0/s1. The predicted octanol–water partition coefficient (Wildman–Crippen LogP) is 9.32. The van der Waals surface area contributed by atoms with Crippen molar-refractivity contribution in [2.45, 2.75) is 83.6 Å². The van der Waals surface area contributed by atoms with E-state index in [2.05, 4.69) is 74.2 Å². The number of benzene rings is 4. The van der Waals surface area contributed by atoms with Gasteiger partial charge in [0.15, 0.2) is 0 Å². The number of para-hydroxylation sites is 1. The number of methoxy groups -OCH3 is 2. The number of fused-ring (bicyclic) bond motifs is 1. The predicted molar refractivity (Wildman–Crippen MR) is 211 cm³/mol. The summed E-state index contributed by atoms with van der Waals surface area (Å²) in [7, 11) is 1.77. The number of imidazole rings is 1. The monoisotopic (exact) mass is 750 g/mol. The molecule has 6 rings (SSSR count). The van der Waals surface area contributed by atoms with E-state index in [-0.39, 0.29) is 37.9 Å². The average molecular weight is 751 g/mol. The minimum absolute atomic E-state index is 0.141. The van der Waals surface area contributed by atoms with Gasteiger partial charge >= 0.3 is 0 Å². The number of hydrogen-bond acceptors (Lipinski definition) is 9. The van der Waals surface area contributed by atoms with Gasteiger partial charge in [0.05, 0.1) is 63.4 Å². The lowest BCUT2D eigenvalue weighted by molar-refractivity contribution is -0.0911. The van der Waals surface area contributed by atoms with Crippen LogP contribution in [0.2, 0.25) is 0 Å². The lowest BCUT2D eigenvalue weighted by Gasteiger charge is -2.39. The molecule has 284 valence electrons. The van der Waals surface area contributed by atoms with Gasteiger partial charge in [0.1, 0.15) is 29.4 Å². The molecule has 0 amide bonds. The van der Waals surface area contributed by atoms with E-state index in [0.29, 0.717) is 6.42 Å². The van der Waals surface area contributed by atoms with Gasteiger partial charge in [-0.25, -0.2) is 9.65 Å². The van der Waals surface area contributed by atoms with Crippen molar-refractivity contribution in [3.8, 4) is 17.6 Å². The van der Waals surface area contributed by atoms with E-state index < -0.39 is 26.3 Å². The van der Waals surface area contributed by atoms with Gasteiger partial charge in [-0.15, -0.1) is 0 Å². The Morgan fingerprint density at radius 3 is 2.06 bits per heavy atom. The van der Waals surface area contributed by atoms with E-state index in [0.717, 1.165) is 44.8 Å². The van der Waals surface area contributed by atoms with Crippen molar-refractivity contribution >= 4 is 19.6 Å². The number of aryl methyl sites for hydroxylation is 1. The molecule has 0 radical (unpaired) electrons. The van der Waals surface area contributed by atoms with Crippen molar-refractivity contribution in [3.63, 3.8) is 0 Å². The first-order valence-corrected chi connectivity index (χ1v) is 19.6. The molecule has 1 aliphatic heterocycles. The highest BCUT2D eigenvalue weighted by Crippen LogP contribution is 2.51. The number of hydrogen-bond donors (Lipinski definition) is 0. The van der Waals surface area contributed by atoms with Gasteiger partial charge in [-0.1, -0.05) is 66.7 Å². The van der Waals surface area contributed by atoms with Crippen LogP contribution < -0.4 is 9.47 Å². The molecule has 4 atom stereocenters. The molecule has 10 nitrogen and oxygen atoms in total. The Bertz CT molecular complexity index is 1920. The Kier molecular flexibility index (Phi) is 13.0. The highest BCUT2D eigenvalue weighted by molar-refractivity contribution is 7.44. The summed E-state index contributed by atoms with van der Waals surface area (Å²) < 4.78 is 43.2. The maximum atomic E-state index is 9.36. The third kappa shape index (κ3) is 8.33. The number of nitrogens with zero attached hydrogens (tertiary/aromatic N) is 4. The molecule has 0 N–H and O–H groups in total. The molecule has 0 bridgehead atoms. The molecule has 0 saturated carbocycles. The van der Waals surface area contributed by atoms with Gasteiger partial charge in [-0.3, -0.25) is 0 Å². The lowest BCUT2D eigenvalue weighted by Crippen LogP contribution is -2.39. The van der Waals surface area contributed by atoms with Crippen molar-refractivity contribution in [1.29, 1.82) is 5.26 Å². The molecular formula is C43H51N4O6P. The van der Waals surface area contributed by atoms with Crippen LogP contribution in [0.1, 0.15) is 69.0 Å². The summed E-state index contributed by atoms with van der Waals surface area (Å²) in [5.74, 6) is 1.50. The van der Waals surface area contributed by atoms with Gasteiger partial charge in [0.25, 0.3) is 8.53 Å². The molecule has 5 aromatic rings. The van der Waals surface area contributed by atoms with E-state index >= 15 is 0 Å². The fraction of sp³-hybridized carbons (Fsp3) is 0.395. The highest BCUT2D eigenvalue weighted by Gasteiger charge is 2.45. The van der Waals surface area contributed by atoms with E-state index in [1.54, 1.807) is 14.2 Å². The van der Waals surface area contributed by atoms with Crippen molar-refractivity contribution in [3.05, 3.63) is 126 Å². The molecule has 1 fully saturated rings. The van der Waals surface area contributed by atoms with Crippen molar-refractivity contribution in [2.75, 3.05) is 27.4 Å². The molecule has 1 saturated heterocycles. The van der Waals surface area contributed by atoms with Gasteiger partial charge in [0.2, 0.25) is 0 Å². The summed E-state index contributed by atoms with van der Waals surface area (Å²) in [6.07, 6.45) is 1.39. The summed E-state index contributed by atoms with van der Waals surface area (Å²) in [4.78, 5) is 4.76. The summed E-state index contributed by atoms with van der Waals surface area (Å²) >= 11 is 0. The average Bonchev–Trinajstić information content (AvgIpc) is 3.80. The first-order chi connectivity index (χ1) is 26.2. The zero-order chi connectivity index (χ0) is 38.2. The van der Waals surface area contributed by atoms with Gasteiger partial charge < -0.3 is 32.6 Å². The summed E-state index contributed by atoms with van der Waals surface area (Å²) in [5, 5.41) is 9.36. The molecule has 54 heavy (non-hydrogen) atoms. The van der Waals surface area contributed by atoms with Crippen LogP contribution in [-0.2, 0) is 24.1 Å². The second-order valence-corrected chi connectivity index (χ2v) is 15.4. The minimum atomic E-state index is -1.56. The quantitative estimate of drug-likeness (QED) is 0.0523. The van der Waals surface area contributed by atoms with Crippen LogP contribution >= 0.6 is 8.53 Å². The summed E-state index contributed by atoms with van der Waals surface area (Å²) in [6, 6.07) is 34.9. The summed E-state index contributed by atoms with van der Waals surface area (Å²) in [6.45, 7) is 11.1. The Morgan fingerprint density at radius 2 is 1.48 bits per heavy atom. The van der Waals surface area contributed by atoms with E-state index in [9.17, 15) is 5.26 Å². The maximum absolute atomic E-state index is 9.36. The Morgan fingerprint density at radius 1 is 0.870 bits per heavy atom. The molecule has 2 heterocycles. The van der Waals surface area contributed by atoms with E-state index in [1.807, 2.05) is 79.1 Å². The molecular weight excluding hydrogens is 699 g/mol. The van der Waals surface area contributed by atoms with Crippen LogP contribution in [0.15, 0.2) is 103 Å². The number of nitriles is 1. The lowest BCUT2D eigenvalue weighted by atomic mass is 9.80. The Balaban J connectivity index is 1.43. The first kappa shape index (κ1) is 39.4.